The molecule has 2 aromatic rings. The van der Waals surface area contributed by atoms with Gasteiger partial charge in [-0.15, -0.1) is 0 Å². The van der Waals surface area contributed by atoms with Crippen molar-refractivity contribution in [3.05, 3.63) is 56.9 Å². The Morgan fingerprint density at radius 3 is 2.40 bits per heavy atom. The van der Waals surface area contributed by atoms with E-state index >= 15 is 0 Å². The Morgan fingerprint density at radius 2 is 1.76 bits per heavy atom. The van der Waals surface area contributed by atoms with Gasteiger partial charge < -0.3 is 15.0 Å². The van der Waals surface area contributed by atoms with Crippen LogP contribution >= 0.6 is 0 Å². The molecule has 0 spiro atoms. The van der Waals surface area contributed by atoms with E-state index < -0.39 is 0 Å². The minimum absolute atomic E-state index is 0.271. The van der Waals surface area contributed by atoms with Gasteiger partial charge in [-0.2, -0.15) is 0 Å². The average molecular weight is 346 g/mol. The molecule has 0 bridgehead atoms. The number of anilines is 1. The predicted molar refractivity (Wildman–Crippen MR) is 99.1 cm³/mol. The number of rotatable bonds is 8. The molecule has 0 saturated carbocycles. The van der Waals surface area contributed by atoms with Crippen LogP contribution in [0.5, 0.6) is 5.75 Å². The fourth-order valence-corrected chi connectivity index (χ4v) is 2.58. The number of nitrogen functional groups attached to an aromatic ring is 1. The Labute approximate surface area is 147 Å². The fraction of sp³-hybridized carbons (Fsp3) is 0.444. The van der Waals surface area contributed by atoms with E-state index in [1.54, 1.807) is 7.05 Å². The first kappa shape index (κ1) is 18.8. The molecule has 7 heteroatoms. The second kappa shape index (κ2) is 8.53. The molecule has 0 atom stereocenters. The van der Waals surface area contributed by atoms with Gasteiger partial charge in [-0.1, -0.05) is 6.92 Å². The van der Waals surface area contributed by atoms with E-state index in [9.17, 15) is 9.59 Å². The molecule has 2 rings (SSSR count). The lowest BCUT2D eigenvalue weighted by atomic mass is 10.2. The molecule has 1 aromatic heterocycles. The Balaban J connectivity index is 1.89. The third kappa shape index (κ3) is 4.96. The van der Waals surface area contributed by atoms with E-state index in [-0.39, 0.29) is 11.2 Å². The van der Waals surface area contributed by atoms with E-state index in [0.29, 0.717) is 18.7 Å². The summed E-state index contributed by atoms with van der Waals surface area (Å²) in [7, 11) is 3.18. The van der Waals surface area contributed by atoms with Crippen molar-refractivity contribution in [3.63, 3.8) is 0 Å². The molecule has 0 fully saturated rings. The maximum Gasteiger partial charge on any atom is 0.330 e. The molecule has 25 heavy (non-hydrogen) atoms. The van der Waals surface area contributed by atoms with Crippen molar-refractivity contribution in [3.8, 4) is 5.75 Å². The van der Waals surface area contributed by atoms with Gasteiger partial charge in [-0.05, 0) is 30.8 Å². The van der Waals surface area contributed by atoms with Crippen LogP contribution in [-0.4, -0.2) is 40.3 Å². The number of nitrogens with zero attached hydrogens (tertiary/aromatic N) is 3. The van der Waals surface area contributed by atoms with Gasteiger partial charge >= 0.3 is 5.69 Å². The normalized spacial score (nSPS) is 11.0. The number of hydrogen-bond donors (Lipinski definition) is 1. The van der Waals surface area contributed by atoms with Gasteiger partial charge in [-0.25, -0.2) is 4.79 Å². The number of ether oxygens (including phenoxy) is 1. The van der Waals surface area contributed by atoms with Crippen LogP contribution in [0.3, 0.4) is 0 Å². The third-order valence-electron chi connectivity index (χ3n) is 4.31. The van der Waals surface area contributed by atoms with Crippen LogP contribution in [0, 0.1) is 0 Å². The van der Waals surface area contributed by atoms with Crippen LogP contribution in [0.15, 0.2) is 39.9 Å². The third-order valence-corrected chi connectivity index (χ3v) is 4.31. The SMILES string of the molecule is CCN(CCOc1ccc(N)cc1)CCc1cc(=O)n(C)c(=O)n1C. The highest BCUT2D eigenvalue weighted by Gasteiger charge is 2.08. The lowest BCUT2D eigenvalue weighted by molar-refractivity contribution is 0.216. The molecule has 0 amide bonds. The van der Waals surface area contributed by atoms with Crippen molar-refractivity contribution in [1.29, 1.82) is 0 Å². The zero-order chi connectivity index (χ0) is 18.4. The summed E-state index contributed by atoms with van der Waals surface area (Å²) in [6.45, 7) is 5.02. The first-order chi connectivity index (χ1) is 11.9. The standard InChI is InChI=1S/C18H26N4O3/c1-4-22(11-12-25-16-7-5-14(19)6-8-16)10-9-15-13-17(23)21(3)18(24)20(15)2/h5-8,13H,4,9-12,19H2,1-3H3. The molecule has 136 valence electrons. The summed E-state index contributed by atoms with van der Waals surface area (Å²) in [5, 5.41) is 0. The number of aromatic nitrogens is 2. The zero-order valence-corrected chi connectivity index (χ0v) is 15.1. The maximum atomic E-state index is 12.0. The van der Waals surface area contributed by atoms with Crippen molar-refractivity contribution in [2.45, 2.75) is 13.3 Å². The summed E-state index contributed by atoms with van der Waals surface area (Å²) >= 11 is 0. The van der Waals surface area contributed by atoms with Crippen molar-refractivity contribution >= 4 is 5.69 Å². The summed E-state index contributed by atoms with van der Waals surface area (Å²) in [5.74, 6) is 0.791. The lowest BCUT2D eigenvalue weighted by Gasteiger charge is -2.21. The molecule has 0 aliphatic rings. The topological polar surface area (TPSA) is 82.5 Å². The molecular weight excluding hydrogens is 320 g/mol. The summed E-state index contributed by atoms with van der Waals surface area (Å²) in [4.78, 5) is 26.0. The van der Waals surface area contributed by atoms with Crippen LogP contribution in [0.25, 0.3) is 0 Å². The molecule has 1 aromatic carbocycles. The van der Waals surface area contributed by atoms with Crippen LogP contribution < -0.4 is 21.7 Å². The Morgan fingerprint density at radius 1 is 1.08 bits per heavy atom. The maximum absolute atomic E-state index is 12.0. The molecule has 0 radical (unpaired) electrons. The van der Waals surface area contributed by atoms with Gasteiger partial charge in [-0.3, -0.25) is 14.3 Å². The Hall–Kier alpha value is -2.54. The summed E-state index contributed by atoms with van der Waals surface area (Å²) < 4.78 is 8.36. The molecule has 0 saturated heterocycles. The van der Waals surface area contributed by atoms with Gasteiger partial charge in [0.05, 0.1) is 0 Å². The van der Waals surface area contributed by atoms with Gasteiger partial charge in [0, 0.05) is 51.1 Å². The fourth-order valence-electron chi connectivity index (χ4n) is 2.58. The van der Waals surface area contributed by atoms with Gasteiger partial charge in [0.2, 0.25) is 0 Å². The number of hydrogen-bond acceptors (Lipinski definition) is 5. The van der Waals surface area contributed by atoms with E-state index in [1.165, 1.54) is 17.7 Å². The van der Waals surface area contributed by atoms with E-state index in [0.717, 1.165) is 35.6 Å². The Kier molecular flexibility index (Phi) is 6.41. The summed E-state index contributed by atoms with van der Waals surface area (Å²) in [5.41, 5.74) is 6.54. The van der Waals surface area contributed by atoms with Crippen LogP contribution in [0.1, 0.15) is 12.6 Å². The van der Waals surface area contributed by atoms with Crippen molar-refractivity contribution in [1.82, 2.24) is 14.0 Å². The minimum atomic E-state index is -0.294. The molecule has 0 unspecified atom stereocenters. The summed E-state index contributed by atoms with van der Waals surface area (Å²) in [6.07, 6.45) is 0.636. The lowest BCUT2D eigenvalue weighted by Crippen LogP contribution is -2.39. The second-order valence-corrected chi connectivity index (χ2v) is 5.98. The van der Waals surface area contributed by atoms with E-state index in [1.807, 2.05) is 24.3 Å². The summed E-state index contributed by atoms with van der Waals surface area (Å²) in [6, 6.07) is 8.84. The molecule has 7 nitrogen and oxygen atoms in total. The van der Waals surface area contributed by atoms with Gasteiger partial charge in [0.15, 0.2) is 0 Å². The molecule has 0 aliphatic carbocycles. The van der Waals surface area contributed by atoms with Crippen LogP contribution in [0.4, 0.5) is 5.69 Å². The van der Waals surface area contributed by atoms with Gasteiger partial charge in [0.25, 0.3) is 5.56 Å². The molecule has 0 aliphatic heterocycles. The first-order valence-electron chi connectivity index (χ1n) is 8.39. The highest BCUT2D eigenvalue weighted by atomic mass is 16.5. The molecule has 2 N–H and O–H groups in total. The van der Waals surface area contributed by atoms with E-state index in [2.05, 4.69) is 11.8 Å². The highest BCUT2D eigenvalue weighted by molar-refractivity contribution is 5.41. The number of likely N-dealkylation sites (N-methyl/N-ethyl adjacent to an activating group) is 1. The van der Waals surface area contributed by atoms with Crippen molar-refractivity contribution < 1.29 is 4.74 Å². The quantitative estimate of drug-likeness (QED) is 0.708. The molecule has 1 heterocycles. The zero-order valence-electron chi connectivity index (χ0n) is 15.1. The largest absolute Gasteiger partial charge is 0.492 e. The predicted octanol–water partition coefficient (Wildman–Crippen LogP) is 0.610. The smallest absolute Gasteiger partial charge is 0.330 e. The second-order valence-electron chi connectivity index (χ2n) is 5.98. The number of nitrogens with two attached hydrogens (primary N) is 1. The van der Waals surface area contributed by atoms with Crippen LogP contribution in [-0.2, 0) is 20.5 Å². The van der Waals surface area contributed by atoms with Crippen LogP contribution in [0.2, 0.25) is 0 Å². The minimum Gasteiger partial charge on any atom is -0.492 e. The number of benzene rings is 1. The highest BCUT2D eigenvalue weighted by Crippen LogP contribution is 2.12. The Bertz CT molecular complexity index is 809. The van der Waals surface area contributed by atoms with Crippen molar-refractivity contribution in [2.75, 3.05) is 32.0 Å². The first-order valence-corrected chi connectivity index (χ1v) is 8.39. The van der Waals surface area contributed by atoms with Crippen molar-refractivity contribution in [2.24, 2.45) is 14.1 Å². The monoisotopic (exact) mass is 346 g/mol. The van der Waals surface area contributed by atoms with Gasteiger partial charge in [0.1, 0.15) is 12.4 Å². The molecular formula is C18H26N4O3. The average Bonchev–Trinajstić information content (AvgIpc) is 2.61. The van der Waals surface area contributed by atoms with E-state index in [4.69, 9.17) is 10.5 Å².